The van der Waals surface area contributed by atoms with Gasteiger partial charge in [-0.05, 0) is 55.5 Å². The molecule has 0 spiro atoms. The molecule has 0 saturated heterocycles. The number of anilines is 1. The van der Waals surface area contributed by atoms with Crippen molar-refractivity contribution in [2.45, 2.75) is 6.92 Å². The van der Waals surface area contributed by atoms with Gasteiger partial charge >= 0.3 is 0 Å². The van der Waals surface area contributed by atoms with Crippen molar-refractivity contribution in [3.8, 4) is 22.9 Å². The van der Waals surface area contributed by atoms with E-state index in [1.807, 2.05) is 37.3 Å². The van der Waals surface area contributed by atoms with Crippen LogP contribution in [-0.4, -0.2) is 21.1 Å². The molecule has 132 valence electrons. The summed E-state index contributed by atoms with van der Waals surface area (Å²) in [5.41, 5.74) is 3.26. The van der Waals surface area contributed by atoms with Crippen LogP contribution in [0.2, 0.25) is 0 Å². The van der Waals surface area contributed by atoms with Crippen molar-refractivity contribution >= 4 is 11.7 Å². The first kappa shape index (κ1) is 16.7. The predicted octanol–water partition coefficient (Wildman–Crippen LogP) is 4.36. The number of nitrogens with one attached hydrogen (secondary N) is 1. The lowest BCUT2D eigenvalue weighted by atomic mass is 10.1. The highest BCUT2D eigenvalue weighted by Crippen LogP contribution is 2.24. The summed E-state index contributed by atoms with van der Waals surface area (Å²) in [5, 5.41) is 11.0. The minimum atomic E-state index is -0.230. The zero-order valence-electron chi connectivity index (χ0n) is 14.6. The fourth-order valence-electron chi connectivity index (χ4n) is 2.62. The Labute approximate surface area is 155 Å². The van der Waals surface area contributed by atoms with Crippen molar-refractivity contribution in [2.75, 3.05) is 5.32 Å². The maximum absolute atomic E-state index is 12.3. The van der Waals surface area contributed by atoms with Gasteiger partial charge in [0.1, 0.15) is 5.82 Å². The highest BCUT2D eigenvalue weighted by Gasteiger charge is 2.12. The lowest BCUT2D eigenvalue weighted by molar-refractivity contribution is 0.102. The Morgan fingerprint density at radius 2 is 1.67 bits per heavy atom. The molecule has 0 aliphatic heterocycles. The molecule has 27 heavy (non-hydrogen) atoms. The van der Waals surface area contributed by atoms with Crippen LogP contribution >= 0.6 is 0 Å². The van der Waals surface area contributed by atoms with Gasteiger partial charge < -0.3 is 9.73 Å². The SMILES string of the molecule is Cc1cccc(-c2nnc(-c3ccc(C(=O)Nc4ccccn4)cc3)o2)c1. The van der Waals surface area contributed by atoms with Crippen molar-refractivity contribution in [1.29, 1.82) is 0 Å². The van der Waals surface area contributed by atoms with Crippen molar-refractivity contribution < 1.29 is 9.21 Å². The Hall–Kier alpha value is -3.80. The third kappa shape index (κ3) is 3.74. The van der Waals surface area contributed by atoms with Gasteiger partial charge in [0, 0.05) is 22.9 Å². The molecule has 4 rings (SSSR count). The summed E-state index contributed by atoms with van der Waals surface area (Å²) >= 11 is 0. The minimum absolute atomic E-state index is 0.230. The molecular weight excluding hydrogens is 340 g/mol. The Morgan fingerprint density at radius 1 is 0.889 bits per heavy atom. The molecule has 1 N–H and O–H groups in total. The van der Waals surface area contributed by atoms with Gasteiger partial charge in [-0.25, -0.2) is 4.98 Å². The number of nitrogens with zero attached hydrogens (tertiary/aromatic N) is 3. The normalized spacial score (nSPS) is 10.6. The monoisotopic (exact) mass is 356 g/mol. The number of hydrogen-bond acceptors (Lipinski definition) is 5. The van der Waals surface area contributed by atoms with Crippen molar-refractivity contribution in [2.24, 2.45) is 0 Å². The Kier molecular flexibility index (Phi) is 4.45. The number of aromatic nitrogens is 3. The number of aryl methyl sites for hydroxylation is 1. The van der Waals surface area contributed by atoms with Crippen molar-refractivity contribution in [3.05, 3.63) is 84.1 Å². The van der Waals surface area contributed by atoms with Gasteiger partial charge in [-0.15, -0.1) is 10.2 Å². The largest absolute Gasteiger partial charge is 0.416 e. The van der Waals surface area contributed by atoms with E-state index in [9.17, 15) is 4.79 Å². The average Bonchev–Trinajstić information content (AvgIpc) is 3.19. The Morgan fingerprint density at radius 3 is 2.37 bits per heavy atom. The van der Waals surface area contributed by atoms with Gasteiger partial charge in [0.2, 0.25) is 11.8 Å². The fraction of sp³-hybridized carbons (Fsp3) is 0.0476. The number of carbonyl (C=O) groups excluding carboxylic acids is 1. The van der Waals surface area contributed by atoms with Gasteiger partial charge in [-0.1, -0.05) is 23.8 Å². The van der Waals surface area contributed by atoms with Crippen LogP contribution in [0.15, 0.2) is 77.3 Å². The average molecular weight is 356 g/mol. The number of pyridine rings is 1. The van der Waals surface area contributed by atoms with Gasteiger partial charge in [-0.2, -0.15) is 0 Å². The fourth-order valence-corrected chi connectivity index (χ4v) is 2.62. The van der Waals surface area contributed by atoms with Crippen LogP contribution in [-0.2, 0) is 0 Å². The van der Waals surface area contributed by atoms with Crippen LogP contribution in [0.25, 0.3) is 22.9 Å². The molecule has 1 amide bonds. The van der Waals surface area contributed by atoms with E-state index in [0.717, 1.165) is 16.7 Å². The summed E-state index contributed by atoms with van der Waals surface area (Å²) in [6.45, 7) is 2.01. The van der Waals surface area contributed by atoms with Crippen LogP contribution < -0.4 is 5.32 Å². The molecule has 0 aliphatic carbocycles. The second kappa shape index (κ2) is 7.21. The third-order valence-corrected chi connectivity index (χ3v) is 3.99. The molecule has 6 nitrogen and oxygen atoms in total. The zero-order valence-corrected chi connectivity index (χ0v) is 14.6. The summed E-state index contributed by atoms with van der Waals surface area (Å²) in [5.74, 6) is 1.14. The lowest BCUT2D eigenvalue weighted by Crippen LogP contribution is -2.12. The van der Waals surface area contributed by atoms with Crippen LogP contribution in [0.1, 0.15) is 15.9 Å². The number of carbonyl (C=O) groups is 1. The van der Waals surface area contributed by atoms with Crippen molar-refractivity contribution in [3.63, 3.8) is 0 Å². The van der Waals surface area contributed by atoms with E-state index in [2.05, 4.69) is 20.5 Å². The Balaban J connectivity index is 1.52. The second-order valence-corrected chi connectivity index (χ2v) is 6.03. The van der Waals surface area contributed by atoms with Crippen LogP contribution in [0.5, 0.6) is 0 Å². The smallest absolute Gasteiger partial charge is 0.256 e. The summed E-state index contributed by atoms with van der Waals surface area (Å²) in [6.07, 6.45) is 1.63. The van der Waals surface area contributed by atoms with E-state index in [4.69, 9.17) is 4.42 Å². The van der Waals surface area contributed by atoms with Gasteiger partial charge in [0.15, 0.2) is 0 Å². The second-order valence-electron chi connectivity index (χ2n) is 6.03. The summed E-state index contributed by atoms with van der Waals surface area (Å²) in [4.78, 5) is 16.4. The highest BCUT2D eigenvalue weighted by molar-refractivity contribution is 6.03. The van der Waals surface area contributed by atoms with Gasteiger partial charge in [0.05, 0.1) is 0 Å². The Bertz CT molecular complexity index is 1070. The van der Waals surface area contributed by atoms with Crippen molar-refractivity contribution in [1.82, 2.24) is 15.2 Å². The summed E-state index contributed by atoms with van der Waals surface area (Å²) < 4.78 is 5.77. The molecule has 4 aromatic rings. The molecule has 2 aromatic heterocycles. The summed E-state index contributed by atoms with van der Waals surface area (Å²) in [7, 11) is 0. The first-order valence-corrected chi connectivity index (χ1v) is 8.42. The quantitative estimate of drug-likeness (QED) is 0.587. The van der Waals surface area contributed by atoms with Crippen LogP contribution in [0.3, 0.4) is 0 Å². The van der Waals surface area contributed by atoms with E-state index < -0.39 is 0 Å². The van der Waals surface area contributed by atoms with E-state index in [1.54, 1.807) is 42.6 Å². The molecule has 0 atom stereocenters. The minimum Gasteiger partial charge on any atom is -0.416 e. The number of rotatable bonds is 4. The van der Waals surface area contributed by atoms with Gasteiger partial charge in [-0.3, -0.25) is 4.79 Å². The molecule has 0 radical (unpaired) electrons. The first-order chi connectivity index (χ1) is 13.2. The van der Waals surface area contributed by atoms with E-state index in [-0.39, 0.29) is 5.91 Å². The van der Waals surface area contributed by atoms with E-state index in [1.165, 1.54) is 0 Å². The topological polar surface area (TPSA) is 80.9 Å². The molecule has 2 aromatic carbocycles. The molecule has 0 bridgehead atoms. The lowest BCUT2D eigenvalue weighted by Gasteiger charge is -2.04. The highest BCUT2D eigenvalue weighted by atomic mass is 16.4. The molecule has 0 unspecified atom stereocenters. The van der Waals surface area contributed by atoms with E-state index in [0.29, 0.717) is 23.2 Å². The zero-order chi connectivity index (χ0) is 18.6. The van der Waals surface area contributed by atoms with E-state index >= 15 is 0 Å². The number of hydrogen-bond donors (Lipinski definition) is 1. The molecule has 6 heteroatoms. The maximum Gasteiger partial charge on any atom is 0.256 e. The summed E-state index contributed by atoms with van der Waals surface area (Å²) in [6, 6.07) is 20.2. The molecule has 0 saturated carbocycles. The number of amides is 1. The first-order valence-electron chi connectivity index (χ1n) is 8.42. The number of benzene rings is 2. The molecule has 0 fully saturated rings. The van der Waals surface area contributed by atoms with Gasteiger partial charge in [0.25, 0.3) is 5.91 Å². The standard InChI is InChI=1S/C21H16N4O2/c1-14-5-4-6-17(13-14)21-25-24-20(27-21)16-10-8-15(9-11-16)19(26)23-18-7-2-3-12-22-18/h2-13H,1H3,(H,22,23,26). The maximum atomic E-state index is 12.3. The third-order valence-electron chi connectivity index (χ3n) is 3.99. The molecular formula is C21H16N4O2. The molecule has 0 aliphatic rings. The predicted molar refractivity (Wildman–Crippen MR) is 102 cm³/mol. The van der Waals surface area contributed by atoms with Crippen LogP contribution in [0, 0.1) is 6.92 Å². The molecule has 2 heterocycles. The van der Waals surface area contributed by atoms with Crippen LogP contribution in [0.4, 0.5) is 5.82 Å².